The van der Waals surface area contributed by atoms with E-state index in [1.54, 1.807) is 24.3 Å². The average Bonchev–Trinajstić information content (AvgIpc) is 2.57. The summed E-state index contributed by atoms with van der Waals surface area (Å²) in [5.74, 6) is 0. The standard InChI is InChI=1S/C16H10BrCl/c17-15-9-2-1-5-13(15)11-6-3-8-14-12(11)7-4-10-16(14)18/h1-10H/i3D,4D,6D,7D,8D,10D. The molecule has 0 spiro atoms. The molecule has 3 aromatic carbocycles. The molecular formula is C16H10BrCl. The zero-order valence-electron chi connectivity index (χ0n) is 15.1. The number of halogens is 2. The molecule has 0 aliphatic rings. The van der Waals surface area contributed by atoms with E-state index in [0.29, 0.717) is 10.0 Å². The second-order valence-electron chi connectivity index (χ2n) is 3.67. The maximum absolute atomic E-state index is 8.28. The second-order valence-corrected chi connectivity index (χ2v) is 4.90. The molecule has 0 amide bonds. The fraction of sp³-hybridized carbons (Fsp3) is 0. The summed E-state index contributed by atoms with van der Waals surface area (Å²) >= 11 is 9.57. The minimum Gasteiger partial charge on any atom is -0.0837 e. The fourth-order valence-corrected chi connectivity index (χ4v) is 2.44. The molecule has 2 heteroatoms. The van der Waals surface area contributed by atoms with Gasteiger partial charge in [-0.1, -0.05) is 75.9 Å². The maximum Gasteiger partial charge on any atom is 0.0639 e. The number of hydrogen-bond acceptors (Lipinski definition) is 0. The van der Waals surface area contributed by atoms with Gasteiger partial charge in [-0.3, -0.25) is 0 Å². The van der Waals surface area contributed by atoms with Crippen molar-refractivity contribution in [1.29, 1.82) is 0 Å². The van der Waals surface area contributed by atoms with E-state index in [-0.39, 0.29) is 57.6 Å². The molecule has 0 fully saturated rings. The summed E-state index contributed by atoms with van der Waals surface area (Å²) < 4.78 is 49.2. The first-order chi connectivity index (χ1) is 11.3. The number of fused-ring (bicyclic) bond motifs is 1. The highest BCUT2D eigenvalue weighted by atomic mass is 79.9. The largest absolute Gasteiger partial charge is 0.0837 e. The lowest BCUT2D eigenvalue weighted by Gasteiger charge is -2.09. The van der Waals surface area contributed by atoms with Gasteiger partial charge in [0.15, 0.2) is 0 Å². The fourth-order valence-electron chi connectivity index (χ4n) is 1.77. The van der Waals surface area contributed by atoms with E-state index in [0.717, 1.165) is 0 Å². The van der Waals surface area contributed by atoms with Crippen LogP contribution in [0, 0.1) is 0 Å². The van der Waals surface area contributed by atoms with E-state index < -0.39 is 0 Å². The molecule has 0 aliphatic carbocycles. The highest BCUT2D eigenvalue weighted by Gasteiger charge is 2.07. The van der Waals surface area contributed by atoms with Crippen LogP contribution in [0.5, 0.6) is 0 Å². The smallest absolute Gasteiger partial charge is 0.0639 e. The third kappa shape index (κ3) is 1.94. The van der Waals surface area contributed by atoms with Crippen LogP contribution in [0.2, 0.25) is 5.02 Å². The van der Waals surface area contributed by atoms with Gasteiger partial charge in [0.1, 0.15) is 0 Å². The quantitative estimate of drug-likeness (QED) is 0.521. The molecule has 0 bridgehead atoms. The molecule has 0 atom stereocenters. The van der Waals surface area contributed by atoms with Crippen LogP contribution >= 0.6 is 27.5 Å². The Morgan fingerprint density at radius 3 is 2.44 bits per heavy atom. The predicted molar refractivity (Wildman–Crippen MR) is 82.1 cm³/mol. The van der Waals surface area contributed by atoms with Crippen LogP contribution in [0.15, 0.2) is 65.0 Å². The van der Waals surface area contributed by atoms with E-state index in [1.807, 2.05) is 0 Å². The van der Waals surface area contributed by atoms with Crippen LogP contribution in [0.1, 0.15) is 8.22 Å². The molecular weight excluding hydrogens is 308 g/mol. The van der Waals surface area contributed by atoms with Gasteiger partial charge >= 0.3 is 0 Å². The normalized spacial score (nSPS) is 15.4. The summed E-state index contributed by atoms with van der Waals surface area (Å²) in [6.45, 7) is 0. The summed E-state index contributed by atoms with van der Waals surface area (Å²) in [6, 6.07) is 5.23. The van der Waals surface area contributed by atoms with Crippen molar-refractivity contribution < 1.29 is 8.22 Å². The Morgan fingerprint density at radius 2 is 1.61 bits per heavy atom. The summed E-state index contributed by atoms with van der Waals surface area (Å²) in [6.07, 6.45) is 0. The Morgan fingerprint density at radius 1 is 0.889 bits per heavy atom. The van der Waals surface area contributed by atoms with Crippen LogP contribution in [-0.2, 0) is 0 Å². The van der Waals surface area contributed by atoms with Crippen molar-refractivity contribution in [2.75, 3.05) is 0 Å². The van der Waals surface area contributed by atoms with Crippen molar-refractivity contribution in [3.8, 4) is 11.1 Å². The zero-order chi connectivity index (χ0) is 17.8. The SMILES string of the molecule is [2H]c1c([2H])c(-c2ccccc2Br)c2c([2H])c([2H])c([2H])c(Cl)c2c1[2H]. The Hall–Kier alpha value is -1.31. The molecule has 0 aromatic heterocycles. The van der Waals surface area contributed by atoms with Gasteiger partial charge in [-0.2, -0.15) is 0 Å². The van der Waals surface area contributed by atoms with Crippen LogP contribution in [0.25, 0.3) is 21.9 Å². The minimum atomic E-state index is -0.364. The minimum absolute atomic E-state index is 0.0643. The van der Waals surface area contributed by atoms with Gasteiger partial charge in [0.05, 0.1) is 8.22 Å². The van der Waals surface area contributed by atoms with Crippen molar-refractivity contribution in [2.24, 2.45) is 0 Å². The van der Waals surface area contributed by atoms with E-state index in [9.17, 15) is 0 Å². The van der Waals surface area contributed by atoms with E-state index >= 15 is 0 Å². The molecule has 0 saturated carbocycles. The number of benzene rings is 3. The lowest BCUT2D eigenvalue weighted by atomic mass is 9.98. The Balaban J connectivity index is 2.67. The van der Waals surface area contributed by atoms with Crippen molar-refractivity contribution in [1.82, 2.24) is 0 Å². The molecule has 3 rings (SSSR count). The van der Waals surface area contributed by atoms with Gasteiger partial charge in [0.25, 0.3) is 0 Å². The van der Waals surface area contributed by atoms with Crippen molar-refractivity contribution >= 4 is 38.3 Å². The van der Waals surface area contributed by atoms with Gasteiger partial charge in [-0.05, 0) is 28.6 Å². The lowest BCUT2D eigenvalue weighted by Crippen LogP contribution is -1.83. The number of hydrogen-bond donors (Lipinski definition) is 0. The highest BCUT2D eigenvalue weighted by molar-refractivity contribution is 9.10. The van der Waals surface area contributed by atoms with Crippen LogP contribution < -0.4 is 0 Å². The van der Waals surface area contributed by atoms with E-state index in [2.05, 4.69) is 15.9 Å². The molecule has 88 valence electrons. The molecule has 0 aliphatic heterocycles. The van der Waals surface area contributed by atoms with Gasteiger partial charge in [0.2, 0.25) is 0 Å². The monoisotopic (exact) mass is 322 g/mol. The molecule has 0 N–H and O–H groups in total. The van der Waals surface area contributed by atoms with Gasteiger partial charge in [-0.15, -0.1) is 0 Å². The molecule has 0 heterocycles. The molecule has 0 saturated heterocycles. The molecule has 0 radical (unpaired) electrons. The summed E-state index contributed by atoms with van der Waals surface area (Å²) in [7, 11) is 0. The maximum atomic E-state index is 8.28. The van der Waals surface area contributed by atoms with Gasteiger partial charge in [-0.25, -0.2) is 0 Å². The Labute approximate surface area is 128 Å². The van der Waals surface area contributed by atoms with Gasteiger partial charge in [0, 0.05) is 14.9 Å². The predicted octanol–water partition coefficient (Wildman–Crippen LogP) is 5.92. The zero-order valence-corrected chi connectivity index (χ0v) is 11.4. The van der Waals surface area contributed by atoms with Crippen LogP contribution in [0.4, 0.5) is 0 Å². The first-order valence-electron chi connectivity index (χ1n) is 8.21. The van der Waals surface area contributed by atoms with Crippen molar-refractivity contribution in [3.63, 3.8) is 0 Å². The van der Waals surface area contributed by atoms with Gasteiger partial charge < -0.3 is 0 Å². The van der Waals surface area contributed by atoms with Crippen molar-refractivity contribution in [3.05, 3.63) is 70.0 Å². The molecule has 0 unspecified atom stereocenters. The Kier molecular flexibility index (Phi) is 1.78. The van der Waals surface area contributed by atoms with Crippen molar-refractivity contribution in [2.45, 2.75) is 0 Å². The summed E-state index contributed by atoms with van der Waals surface area (Å²) in [4.78, 5) is 0. The molecule has 3 aromatic rings. The molecule has 0 nitrogen and oxygen atoms in total. The average molecular weight is 324 g/mol. The third-order valence-corrected chi connectivity index (χ3v) is 3.57. The topological polar surface area (TPSA) is 0 Å². The summed E-state index contributed by atoms with van der Waals surface area (Å²) in [5.41, 5.74) is 0.835. The van der Waals surface area contributed by atoms with E-state index in [1.165, 1.54) is 0 Å². The summed E-state index contributed by atoms with van der Waals surface area (Å²) in [5, 5.41) is 0.0751. The molecule has 18 heavy (non-hydrogen) atoms. The third-order valence-electron chi connectivity index (χ3n) is 2.60. The second kappa shape index (κ2) is 4.75. The first kappa shape index (κ1) is 6.74. The lowest BCUT2D eigenvalue weighted by molar-refractivity contribution is 1.61. The first-order valence-corrected chi connectivity index (χ1v) is 6.38. The van der Waals surface area contributed by atoms with Crippen LogP contribution in [0.3, 0.4) is 0 Å². The Bertz CT molecular complexity index is 994. The highest BCUT2D eigenvalue weighted by Crippen LogP contribution is 2.35. The van der Waals surface area contributed by atoms with E-state index in [4.69, 9.17) is 19.8 Å². The van der Waals surface area contributed by atoms with Crippen LogP contribution in [-0.4, -0.2) is 0 Å². The number of rotatable bonds is 1.